The number of carbonyl (C=O) groups excluding carboxylic acids is 1. The van der Waals surface area contributed by atoms with Crippen molar-refractivity contribution in [3.05, 3.63) is 16.1 Å². The van der Waals surface area contributed by atoms with Crippen molar-refractivity contribution in [3.8, 4) is 0 Å². The van der Waals surface area contributed by atoms with E-state index in [9.17, 15) is 4.79 Å². The number of aryl methyl sites for hydroxylation is 1. The molecule has 88 valence electrons. The first-order valence-electron chi connectivity index (χ1n) is 5.68. The smallest absolute Gasteiger partial charge is 0.237 e. The molecule has 1 saturated heterocycles. The van der Waals surface area contributed by atoms with Gasteiger partial charge in [0.15, 0.2) is 0 Å². The fourth-order valence-electron chi connectivity index (χ4n) is 1.84. The fourth-order valence-corrected chi connectivity index (χ4v) is 2.57. The largest absolute Gasteiger partial charge is 0.348 e. The maximum Gasteiger partial charge on any atom is 0.237 e. The van der Waals surface area contributed by atoms with Gasteiger partial charge in [0.1, 0.15) is 5.01 Å². The number of amides is 1. The van der Waals surface area contributed by atoms with Crippen LogP contribution in [0.15, 0.2) is 6.20 Å². The van der Waals surface area contributed by atoms with Crippen LogP contribution in [-0.4, -0.2) is 23.5 Å². The molecule has 0 aromatic carbocycles. The van der Waals surface area contributed by atoms with Crippen molar-refractivity contribution >= 4 is 17.2 Å². The Balaban J connectivity index is 1.78. The van der Waals surface area contributed by atoms with E-state index in [1.165, 1.54) is 11.3 Å². The van der Waals surface area contributed by atoms with Crippen LogP contribution in [0.4, 0.5) is 0 Å². The first-order valence-corrected chi connectivity index (χ1v) is 6.50. The average Bonchev–Trinajstić information content (AvgIpc) is 2.73. The molecule has 1 aromatic rings. The maximum atomic E-state index is 11.8. The summed E-state index contributed by atoms with van der Waals surface area (Å²) in [5, 5.41) is 7.13. The van der Waals surface area contributed by atoms with E-state index < -0.39 is 0 Å². The van der Waals surface area contributed by atoms with Crippen molar-refractivity contribution in [1.82, 2.24) is 15.6 Å². The molecule has 0 bridgehead atoms. The SMILES string of the molecule is Cc1cnc(CNC(=O)[C@@H]2CCCCN2)s1. The lowest BCUT2D eigenvalue weighted by atomic mass is 10.0. The third-order valence-corrected chi connectivity index (χ3v) is 3.62. The Morgan fingerprint density at radius 1 is 1.69 bits per heavy atom. The highest BCUT2D eigenvalue weighted by Crippen LogP contribution is 2.11. The second-order valence-electron chi connectivity index (χ2n) is 4.08. The predicted molar refractivity (Wildman–Crippen MR) is 64.3 cm³/mol. The molecule has 1 amide bonds. The number of hydrogen-bond donors (Lipinski definition) is 2. The van der Waals surface area contributed by atoms with Crippen molar-refractivity contribution in [2.45, 2.75) is 38.8 Å². The zero-order valence-corrected chi connectivity index (χ0v) is 10.3. The van der Waals surface area contributed by atoms with Gasteiger partial charge in [-0.2, -0.15) is 0 Å². The Morgan fingerprint density at radius 3 is 3.19 bits per heavy atom. The number of nitrogens with one attached hydrogen (secondary N) is 2. The number of thiazole rings is 1. The standard InChI is InChI=1S/C11H17N3OS/c1-8-6-13-10(16-8)7-14-11(15)9-4-2-3-5-12-9/h6,9,12H,2-5,7H2,1H3,(H,14,15)/t9-/m0/s1. The third-order valence-electron chi connectivity index (χ3n) is 2.71. The predicted octanol–water partition coefficient (Wildman–Crippen LogP) is 1.21. The highest BCUT2D eigenvalue weighted by Gasteiger charge is 2.19. The second kappa shape index (κ2) is 5.41. The van der Waals surface area contributed by atoms with Crippen molar-refractivity contribution in [3.63, 3.8) is 0 Å². The van der Waals surface area contributed by atoms with E-state index in [2.05, 4.69) is 15.6 Å². The lowest BCUT2D eigenvalue weighted by Crippen LogP contribution is -2.46. The molecule has 0 aliphatic carbocycles. The van der Waals surface area contributed by atoms with Crippen LogP contribution in [0.1, 0.15) is 29.1 Å². The summed E-state index contributed by atoms with van der Waals surface area (Å²) >= 11 is 1.63. The molecule has 1 aliphatic rings. The summed E-state index contributed by atoms with van der Waals surface area (Å²) in [6.45, 7) is 3.52. The molecule has 1 aliphatic heterocycles. The zero-order chi connectivity index (χ0) is 11.4. The van der Waals surface area contributed by atoms with Gasteiger partial charge in [0.25, 0.3) is 0 Å². The minimum Gasteiger partial charge on any atom is -0.348 e. The topological polar surface area (TPSA) is 54.0 Å². The monoisotopic (exact) mass is 239 g/mol. The molecule has 2 N–H and O–H groups in total. The normalized spacial score (nSPS) is 20.7. The summed E-state index contributed by atoms with van der Waals surface area (Å²) < 4.78 is 0. The van der Waals surface area contributed by atoms with E-state index in [1.54, 1.807) is 11.3 Å². The lowest BCUT2D eigenvalue weighted by Gasteiger charge is -2.22. The Kier molecular flexibility index (Phi) is 3.90. The van der Waals surface area contributed by atoms with Crippen molar-refractivity contribution < 1.29 is 4.79 Å². The number of nitrogens with zero attached hydrogens (tertiary/aromatic N) is 1. The van der Waals surface area contributed by atoms with E-state index in [-0.39, 0.29) is 11.9 Å². The van der Waals surface area contributed by atoms with Crippen LogP contribution in [0.3, 0.4) is 0 Å². The Bertz CT molecular complexity index is 358. The molecule has 0 radical (unpaired) electrons. The summed E-state index contributed by atoms with van der Waals surface area (Å²) in [5.41, 5.74) is 0. The van der Waals surface area contributed by atoms with Crippen LogP contribution in [0.25, 0.3) is 0 Å². The number of hydrogen-bond acceptors (Lipinski definition) is 4. The lowest BCUT2D eigenvalue weighted by molar-refractivity contribution is -0.123. The third kappa shape index (κ3) is 3.02. The van der Waals surface area contributed by atoms with Gasteiger partial charge in [0.2, 0.25) is 5.91 Å². The van der Waals surface area contributed by atoms with E-state index in [1.807, 2.05) is 13.1 Å². The average molecular weight is 239 g/mol. The molecule has 1 fully saturated rings. The minimum atomic E-state index is -0.00481. The molecule has 16 heavy (non-hydrogen) atoms. The molecule has 0 unspecified atom stereocenters. The summed E-state index contributed by atoms with van der Waals surface area (Å²) in [7, 11) is 0. The Labute approximate surface area is 99.5 Å². The molecule has 2 heterocycles. The molecule has 4 nitrogen and oxygen atoms in total. The van der Waals surface area contributed by atoms with E-state index in [0.29, 0.717) is 6.54 Å². The molecule has 0 spiro atoms. The van der Waals surface area contributed by atoms with E-state index in [4.69, 9.17) is 0 Å². The first-order chi connectivity index (χ1) is 7.75. The Hall–Kier alpha value is -0.940. The van der Waals surface area contributed by atoms with Crippen LogP contribution in [-0.2, 0) is 11.3 Å². The van der Waals surface area contributed by atoms with Gasteiger partial charge in [-0.15, -0.1) is 11.3 Å². The summed E-state index contributed by atoms with van der Waals surface area (Å²) in [6, 6.07) is -0.00481. The van der Waals surface area contributed by atoms with Crippen LogP contribution in [0.5, 0.6) is 0 Å². The van der Waals surface area contributed by atoms with Gasteiger partial charge >= 0.3 is 0 Å². The Morgan fingerprint density at radius 2 is 2.56 bits per heavy atom. The van der Waals surface area contributed by atoms with E-state index >= 15 is 0 Å². The molecule has 1 atom stereocenters. The molecule has 2 rings (SSSR count). The van der Waals surface area contributed by atoms with Gasteiger partial charge in [-0.25, -0.2) is 4.98 Å². The van der Waals surface area contributed by atoms with Crippen LogP contribution in [0.2, 0.25) is 0 Å². The highest BCUT2D eigenvalue weighted by molar-refractivity contribution is 7.11. The van der Waals surface area contributed by atoms with Crippen LogP contribution >= 0.6 is 11.3 Å². The van der Waals surface area contributed by atoms with Gasteiger partial charge in [0, 0.05) is 11.1 Å². The molecular formula is C11H17N3OS. The van der Waals surface area contributed by atoms with Crippen molar-refractivity contribution in [2.24, 2.45) is 0 Å². The molecule has 1 aromatic heterocycles. The maximum absolute atomic E-state index is 11.8. The van der Waals surface area contributed by atoms with Crippen LogP contribution < -0.4 is 10.6 Å². The zero-order valence-electron chi connectivity index (χ0n) is 9.45. The highest BCUT2D eigenvalue weighted by atomic mass is 32.1. The summed E-state index contributed by atoms with van der Waals surface area (Å²) in [5.74, 6) is 0.104. The molecular weight excluding hydrogens is 222 g/mol. The fraction of sp³-hybridized carbons (Fsp3) is 0.636. The number of aromatic nitrogens is 1. The van der Waals surface area contributed by atoms with Gasteiger partial charge in [0.05, 0.1) is 12.6 Å². The number of carbonyl (C=O) groups is 1. The van der Waals surface area contributed by atoms with Gasteiger partial charge in [-0.05, 0) is 26.3 Å². The summed E-state index contributed by atoms with van der Waals surface area (Å²) in [4.78, 5) is 17.2. The van der Waals surface area contributed by atoms with Crippen molar-refractivity contribution in [2.75, 3.05) is 6.54 Å². The first kappa shape index (κ1) is 11.5. The molecule has 5 heteroatoms. The van der Waals surface area contributed by atoms with Gasteiger partial charge < -0.3 is 10.6 Å². The summed E-state index contributed by atoms with van der Waals surface area (Å²) in [6.07, 6.45) is 5.10. The quantitative estimate of drug-likeness (QED) is 0.833. The van der Waals surface area contributed by atoms with Gasteiger partial charge in [-0.3, -0.25) is 4.79 Å². The minimum absolute atomic E-state index is 0.00481. The van der Waals surface area contributed by atoms with Gasteiger partial charge in [-0.1, -0.05) is 6.42 Å². The molecule has 0 saturated carbocycles. The van der Waals surface area contributed by atoms with Crippen molar-refractivity contribution in [1.29, 1.82) is 0 Å². The van der Waals surface area contributed by atoms with E-state index in [0.717, 1.165) is 24.4 Å². The number of piperidine rings is 1. The number of rotatable bonds is 3. The second-order valence-corrected chi connectivity index (χ2v) is 5.40. The van der Waals surface area contributed by atoms with Crippen LogP contribution in [0, 0.1) is 6.92 Å².